The van der Waals surface area contributed by atoms with Gasteiger partial charge in [0.2, 0.25) is 0 Å². The SMILES string of the molecule is O=C(Cn1nc(C(F)(F)F)cc1C1CC1)n1cccn1. The van der Waals surface area contributed by atoms with E-state index in [1.54, 1.807) is 6.07 Å². The molecule has 0 saturated heterocycles. The van der Waals surface area contributed by atoms with Gasteiger partial charge in [0.15, 0.2) is 5.69 Å². The molecular weight excluding hydrogens is 273 g/mol. The number of halogens is 3. The largest absolute Gasteiger partial charge is 0.435 e. The van der Waals surface area contributed by atoms with Gasteiger partial charge in [0.1, 0.15) is 6.54 Å². The van der Waals surface area contributed by atoms with Crippen molar-refractivity contribution >= 4 is 5.91 Å². The Bertz CT molecular complexity index is 626. The molecule has 0 unspecified atom stereocenters. The topological polar surface area (TPSA) is 52.7 Å². The fourth-order valence-electron chi connectivity index (χ4n) is 2.02. The van der Waals surface area contributed by atoms with Crippen molar-refractivity contribution in [2.45, 2.75) is 31.5 Å². The van der Waals surface area contributed by atoms with Gasteiger partial charge in [0, 0.05) is 24.0 Å². The molecule has 3 rings (SSSR count). The molecular formula is C12H11F3N4O. The Hall–Kier alpha value is -2.12. The molecule has 1 aliphatic rings. The Morgan fingerprint density at radius 3 is 2.70 bits per heavy atom. The van der Waals surface area contributed by atoms with Crippen LogP contribution >= 0.6 is 0 Å². The maximum Gasteiger partial charge on any atom is 0.435 e. The van der Waals surface area contributed by atoms with E-state index in [2.05, 4.69) is 10.2 Å². The molecule has 8 heteroatoms. The molecule has 0 aliphatic heterocycles. The molecule has 0 radical (unpaired) electrons. The van der Waals surface area contributed by atoms with E-state index in [-0.39, 0.29) is 12.5 Å². The van der Waals surface area contributed by atoms with Gasteiger partial charge in [-0.2, -0.15) is 23.4 Å². The summed E-state index contributed by atoms with van der Waals surface area (Å²) in [7, 11) is 0. The quantitative estimate of drug-likeness (QED) is 0.869. The van der Waals surface area contributed by atoms with Crippen molar-refractivity contribution in [3.8, 4) is 0 Å². The lowest BCUT2D eigenvalue weighted by atomic mass is 10.2. The zero-order valence-corrected chi connectivity index (χ0v) is 10.3. The lowest BCUT2D eigenvalue weighted by Gasteiger charge is -2.05. The van der Waals surface area contributed by atoms with Crippen LogP contribution in [0.4, 0.5) is 13.2 Å². The Morgan fingerprint density at radius 1 is 1.40 bits per heavy atom. The highest BCUT2D eigenvalue weighted by atomic mass is 19.4. The zero-order valence-electron chi connectivity index (χ0n) is 10.3. The summed E-state index contributed by atoms with van der Waals surface area (Å²) in [6, 6.07) is 2.61. The van der Waals surface area contributed by atoms with Gasteiger partial charge in [-0.25, -0.2) is 4.68 Å². The van der Waals surface area contributed by atoms with E-state index in [1.165, 1.54) is 12.4 Å². The second kappa shape index (κ2) is 4.46. The normalized spacial score (nSPS) is 15.6. The number of carbonyl (C=O) groups excluding carboxylic acids is 1. The second-order valence-electron chi connectivity index (χ2n) is 4.73. The van der Waals surface area contributed by atoms with Gasteiger partial charge in [0.25, 0.3) is 5.91 Å². The van der Waals surface area contributed by atoms with Crippen molar-refractivity contribution in [3.05, 3.63) is 35.9 Å². The summed E-state index contributed by atoms with van der Waals surface area (Å²) >= 11 is 0. The number of rotatable bonds is 3. The van der Waals surface area contributed by atoms with E-state index in [0.717, 1.165) is 28.3 Å². The smallest absolute Gasteiger partial charge is 0.270 e. The summed E-state index contributed by atoms with van der Waals surface area (Å²) in [6.07, 6.45) is 0.0543. The molecule has 0 amide bonds. The van der Waals surface area contributed by atoms with E-state index in [9.17, 15) is 18.0 Å². The van der Waals surface area contributed by atoms with E-state index < -0.39 is 17.8 Å². The van der Waals surface area contributed by atoms with Gasteiger partial charge in [0.05, 0.1) is 0 Å². The third-order valence-electron chi connectivity index (χ3n) is 3.14. The first kappa shape index (κ1) is 12.9. The fraction of sp³-hybridized carbons (Fsp3) is 0.417. The lowest BCUT2D eigenvalue weighted by molar-refractivity contribution is -0.141. The molecule has 2 aromatic rings. The van der Waals surface area contributed by atoms with Crippen molar-refractivity contribution in [2.24, 2.45) is 0 Å². The van der Waals surface area contributed by atoms with Gasteiger partial charge in [-0.15, -0.1) is 0 Å². The van der Waals surface area contributed by atoms with Crippen molar-refractivity contribution in [1.29, 1.82) is 0 Å². The van der Waals surface area contributed by atoms with Crippen molar-refractivity contribution in [1.82, 2.24) is 19.6 Å². The second-order valence-corrected chi connectivity index (χ2v) is 4.73. The number of carbonyl (C=O) groups is 1. The number of alkyl halides is 3. The Balaban J connectivity index is 1.88. The van der Waals surface area contributed by atoms with Crippen LogP contribution in [0.3, 0.4) is 0 Å². The first-order valence-electron chi connectivity index (χ1n) is 6.13. The maximum absolute atomic E-state index is 12.7. The molecule has 20 heavy (non-hydrogen) atoms. The van der Waals surface area contributed by atoms with E-state index >= 15 is 0 Å². The van der Waals surface area contributed by atoms with Gasteiger partial charge < -0.3 is 0 Å². The maximum atomic E-state index is 12.7. The summed E-state index contributed by atoms with van der Waals surface area (Å²) in [6.45, 7) is -0.246. The Labute approximate surface area is 112 Å². The number of hydrogen-bond donors (Lipinski definition) is 0. The minimum atomic E-state index is -4.50. The predicted molar refractivity (Wildman–Crippen MR) is 62.1 cm³/mol. The highest BCUT2D eigenvalue weighted by Crippen LogP contribution is 2.42. The zero-order chi connectivity index (χ0) is 14.3. The molecule has 5 nitrogen and oxygen atoms in total. The van der Waals surface area contributed by atoms with Crippen LogP contribution in [0.1, 0.15) is 34.9 Å². The Kier molecular flexibility index (Phi) is 2.88. The van der Waals surface area contributed by atoms with E-state index in [0.29, 0.717) is 5.69 Å². The summed E-state index contributed by atoms with van der Waals surface area (Å²) in [5.41, 5.74) is -0.481. The molecule has 1 saturated carbocycles. The molecule has 0 atom stereocenters. The van der Waals surface area contributed by atoms with Crippen molar-refractivity contribution < 1.29 is 18.0 Å². The first-order valence-corrected chi connectivity index (χ1v) is 6.13. The average Bonchev–Trinajstić information content (AvgIpc) is 2.92. The highest BCUT2D eigenvalue weighted by molar-refractivity contribution is 5.77. The van der Waals surface area contributed by atoms with Crippen LogP contribution in [0.25, 0.3) is 0 Å². The minimum absolute atomic E-state index is 0.0732. The molecule has 106 valence electrons. The van der Waals surface area contributed by atoms with Crippen molar-refractivity contribution in [3.63, 3.8) is 0 Å². The van der Waals surface area contributed by atoms with Crippen LogP contribution in [-0.2, 0) is 12.7 Å². The van der Waals surface area contributed by atoms with Gasteiger partial charge in [-0.3, -0.25) is 9.48 Å². The van der Waals surface area contributed by atoms with Crippen LogP contribution in [-0.4, -0.2) is 25.5 Å². The van der Waals surface area contributed by atoms with Crippen LogP contribution in [0.5, 0.6) is 0 Å². The van der Waals surface area contributed by atoms with Crippen molar-refractivity contribution in [2.75, 3.05) is 0 Å². The molecule has 1 fully saturated rings. The number of aromatic nitrogens is 4. The Morgan fingerprint density at radius 2 is 2.15 bits per heavy atom. The van der Waals surface area contributed by atoms with E-state index in [4.69, 9.17) is 0 Å². The molecule has 2 heterocycles. The van der Waals surface area contributed by atoms with Crippen LogP contribution in [0.15, 0.2) is 24.5 Å². The fourth-order valence-corrected chi connectivity index (χ4v) is 2.02. The molecule has 0 N–H and O–H groups in total. The van der Waals surface area contributed by atoms with Gasteiger partial charge >= 0.3 is 6.18 Å². The molecule has 0 bridgehead atoms. The lowest BCUT2D eigenvalue weighted by Crippen LogP contribution is -2.20. The van der Waals surface area contributed by atoms with Crippen LogP contribution in [0.2, 0.25) is 0 Å². The summed E-state index contributed by atoms with van der Waals surface area (Å²) in [5.74, 6) is -0.349. The van der Waals surface area contributed by atoms with Crippen LogP contribution in [0, 0.1) is 0 Å². The minimum Gasteiger partial charge on any atom is -0.270 e. The summed E-state index contributed by atoms with van der Waals surface area (Å²) < 4.78 is 40.3. The monoisotopic (exact) mass is 284 g/mol. The number of hydrogen-bond acceptors (Lipinski definition) is 3. The third-order valence-corrected chi connectivity index (χ3v) is 3.14. The predicted octanol–water partition coefficient (Wildman–Crippen LogP) is 2.32. The molecule has 1 aliphatic carbocycles. The average molecular weight is 284 g/mol. The van der Waals surface area contributed by atoms with Gasteiger partial charge in [-0.05, 0) is 25.0 Å². The summed E-state index contributed by atoms with van der Waals surface area (Å²) in [4.78, 5) is 11.9. The third kappa shape index (κ3) is 2.45. The standard InChI is InChI=1S/C12H11F3N4O/c13-12(14,15)10-6-9(8-2-3-8)19(17-10)7-11(20)18-5-1-4-16-18/h1,4-6,8H,2-3,7H2. The molecule has 0 spiro atoms. The molecule has 0 aromatic carbocycles. The van der Waals surface area contributed by atoms with Gasteiger partial charge in [-0.1, -0.05) is 0 Å². The highest BCUT2D eigenvalue weighted by Gasteiger charge is 2.38. The summed E-state index contributed by atoms with van der Waals surface area (Å²) in [5, 5.41) is 7.28. The molecule has 2 aromatic heterocycles. The van der Waals surface area contributed by atoms with Crippen LogP contribution < -0.4 is 0 Å². The first-order chi connectivity index (χ1) is 9.45. The van der Waals surface area contributed by atoms with E-state index in [1.807, 2.05) is 0 Å². The number of nitrogens with zero attached hydrogens (tertiary/aromatic N) is 4.